The van der Waals surface area contributed by atoms with Crippen molar-refractivity contribution in [1.82, 2.24) is 19.5 Å². The molecule has 0 spiro atoms. The van der Waals surface area contributed by atoms with E-state index in [1.807, 2.05) is 11.4 Å². The molecular formula is C33H33ClFN7O11. The molecule has 2 amide bonds. The van der Waals surface area contributed by atoms with Crippen LogP contribution in [0.5, 0.6) is 0 Å². The highest BCUT2D eigenvalue weighted by Crippen LogP contribution is 2.33. The third-order valence-corrected chi connectivity index (χ3v) is 7.55. The summed E-state index contributed by atoms with van der Waals surface area (Å²) in [5.74, 6) is -2.83. The molecular weight excluding hydrogens is 725 g/mol. The Morgan fingerprint density at radius 1 is 0.887 bits per heavy atom. The fourth-order valence-electron chi connectivity index (χ4n) is 5.13. The topological polar surface area (TPSA) is 220 Å². The van der Waals surface area contributed by atoms with Crippen LogP contribution < -0.4 is 21.6 Å². The summed E-state index contributed by atoms with van der Waals surface area (Å²) >= 11 is 6.08. The van der Waals surface area contributed by atoms with Crippen molar-refractivity contribution in [3.63, 3.8) is 0 Å². The molecule has 1 fully saturated rings. The second-order valence-electron chi connectivity index (χ2n) is 11.2. The Labute approximate surface area is 304 Å². The summed E-state index contributed by atoms with van der Waals surface area (Å²) in [6.07, 6.45) is -4.36. The number of hydrogen-bond donors (Lipinski definition) is 3. The SMILES string of the molecule is CC(=O)O[C@@H]1[C@H](OC(C)=O)[C@@H](C)O[C@H]1n1cc(F)c(NC(=O)OCCOCCOC(=O)Nc2ccc3ncnc(Nc4cccc(Cl)c4)c3c2)nc1=O. The summed E-state index contributed by atoms with van der Waals surface area (Å²) in [5, 5.41) is 9.01. The van der Waals surface area contributed by atoms with Gasteiger partial charge in [0.15, 0.2) is 30.1 Å². The maximum absolute atomic E-state index is 14.9. The molecule has 5 rings (SSSR count). The van der Waals surface area contributed by atoms with Crippen molar-refractivity contribution < 1.29 is 52.0 Å². The van der Waals surface area contributed by atoms with E-state index in [0.29, 0.717) is 38.2 Å². The number of ether oxygens (including phenoxy) is 6. The van der Waals surface area contributed by atoms with E-state index in [9.17, 15) is 28.4 Å². The van der Waals surface area contributed by atoms with Crippen LogP contribution in [0, 0.1) is 5.82 Å². The largest absolute Gasteiger partial charge is 0.456 e. The quantitative estimate of drug-likeness (QED) is 0.0982. The van der Waals surface area contributed by atoms with Crippen LogP contribution in [-0.2, 0) is 38.0 Å². The normalized spacial score (nSPS) is 17.8. The van der Waals surface area contributed by atoms with Gasteiger partial charge in [0.25, 0.3) is 0 Å². The van der Waals surface area contributed by atoms with Crippen LogP contribution in [-0.4, -0.2) is 88.4 Å². The van der Waals surface area contributed by atoms with Crippen molar-refractivity contribution in [3.8, 4) is 0 Å². The van der Waals surface area contributed by atoms with E-state index in [1.165, 1.54) is 13.3 Å². The number of nitrogens with one attached hydrogen (secondary N) is 3. The Morgan fingerprint density at radius 2 is 1.58 bits per heavy atom. The van der Waals surface area contributed by atoms with Gasteiger partial charge in [0.1, 0.15) is 25.4 Å². The Kier molecular flexibility index (Phi) is 12.7. The summed E-state index contributed by atoms with van der Waals surface area (Å²) in [7, 11) is 0. The Bertz CT molecular complexity index is 2050. The molecule has 1 aliphatic rings. The number of nitrogens with zero attached hydrogens (tertiary/aromatic N) is 4. The summed E-state index contributed by atoms with van der Waals surface area (Å²) in [6, 6.07) is 12.2. The van der Waals surface area contributed by atoms with Crippen molar-refractivity contribution in [3.05, 3.63) is 76.3 Å². The van der Waals surface area contributed by atoms with Crippen LogP contribution in [0.15, 0.2) is 59.8 Å². The van der Waals surface area contributed by atoms with Gasteiger partial charge in [-0.15, -0.1) is 0 Å². The van der Waals surface area contributed by atoms with Crippen LogP contribution in [0.3, 0.4) is 0 Å². The van der Waals surface area contributed by atoms with Crippen LogP contribution in [0.2, 0.25) is 5.02 Å². The van der Waals surface area contributed by atoms with Crippen molar-refractivity contribution in [1.29, 1.82) is 0 Å². The summed E-state index contributed by atoms with van der Waals surface area (Å²) in [6.45, 7) is 3.19. The number of esters is 2. The van der Waals surface area contributed by atoms with Gasteiger partial charge in [-0.3, -0.25) is 24.8 Å². The molecule has 1 aliphatic heterocycles. The number of fused-ring (bicyclic) bond motifs is 1. The lowest BCUT2D eigenvalue weighted by Gasteiger charge is -2.23. The summed E-state index contributed by atoms with van der Waals surface area (Å²) < 4.78 is 47.0. The average molecular weight is 758 g/mol. The number of rotatable bonds is 13. The van der Waals surface area contributed by atoms with E-state index in [4.69, 9.17) is 40.0 Å². The molecule has 0 unspecified atom stereocenters. The molecule has 1 saturated heterocycles. The maximum atomic E-state index is 14.9. The number of amides is 2. The third-order valence-electron chi connectivity index (χ3n) is 7.32. The van der Waals surface area contributed by atoms with Gasteiger partial charge < -0.3 is 33.7 Å². The zero-order valence-corrected chi connectivity index (χ0v) is 29.1. The third kappa shape index (κ3) is 10.3. The molecule has 18 nitrogen and oxygen atoms in total. The fraction of sp³-hybridized carbons (Fsp3) is 0.333. The number of carbonyl (C=O) groups is 4. The van der Waals surface area contributed by atoms with Crippen LogP contribution in [0.4, 0.5) is 37.0 Å². The van der Waals surface area contributed by atoms with Crippen molar-refractivity contribution >= 4 is 69.6 Å². The average Bonchev–Trinajstić information content (AvgIpc) is 3.38. The van der Waals surface area contributed by atoms with Crippen LogP contribution >= 0.6 is 11.6 Å². The van der Waals surface area contributed by atoms with Crippen molar-refractivity contribution in [2.45, 2.75) is 45.3 Å². The van der Waals surface area contributed by atoms with Gasteiger partial charge in [-0.05, 0) is 43.3 Å². The maximum Gasteiger partial charge on any atom is 0.412 e. The minimum atomic E-state index is -1.38. The summed E-state index contributed by atoms with van der Waals surface area (Å²) in [4.78, 5) is 72.6. The van der Waals surface area contributed by atoms with Gasteiger partial charge in [-0.1, -0.05) is 17.7 Å². The fourth-order valence-corrected chi connectivity index (χ4v) is 5.32. The van der Waals surface area contributed by atoms with Crippen LogP contribution in [0.25, 0.3) is 10.9 Å². The Balaban J connectivity index is 1.04. The molecule has 53 heavy (non-hydrogen) atoms. The van der Waals surface area contributed by atoms with Crippen molar-refractivity contribution in [2.75, 3.05) is 42.4 Å². The van der Waals surface area contributed by atoms with Crippen molar-refractivity contribution in [2.24, 2.45) is 0 Å². The smallest absolute Gasteiger partial charge is 0.412 e. The lowest BCUT2D eigenvalue weighted by molar-refractivity contribution is -0.165. The molecule has 4 atom stereocenters. The van der Waals surface area contributed by atoms with Crippen LogP contribution in [0.1, 0.15) is 27.0 Å². The predicted octanol–water partition coefficient (Wildman–Crippen LogP) is 4.32. The van der Waals surface area contributed by atoms with E-state index in [-0.39, 0.29) is 26.4 Å². The van der Waals surface area contributed by atoms with E-state index >= 15 is 0 Å². The van der Waals surface area contributed by atoms with E-state index < -0.39 is 66.0 Å². The molecule has 3 heterocycles. The predicted molar refractivity (Wildman–Crippen MR) is 184 cm³/mol. The number of benzene rings is 2. The monoisotopic (exact) mass is 757 g/mol. The second-order valence-corrected chi connectivity index (χ2v) is 11.7. The van der Waals surface area contributed by atoms with Gasteiger partial charge >= 0.3 is 29.8 Å². The standard InChI is InChI=1S/C33H33ClFN7O11/c1-17-26(52-18(2)43)27(53-19(3)44)30(51-17)42-15-24(35)29(40-31(42)45)41-33(47)50-12-10-48-9-11-49-32(46)39-22-7-8-25-23(14-22)28(37-16-36-25)38-21-6-4-5-20(34)13-21/h4-8,13-17,26-27,30H,9-12H2,1-3H3,(H,39,46)(H,36,37,38)(H,40,41,45,47)/t17-,26-,27-,30-/m1/s1. The van der Waals surface area contributed by atoms with Gasteiger partial charge in [0, 0.05) is 35.6 Å². The molecule has 3 N–H and O–H groups in total. The first-order valence-corrected chi connectivity index (χ1v) is 16.3. The molecule has 4 aromatic rings. The van der Waals surface area contributed by atoms with Gasteiger partial charge in [-0.25, -0.2) is 28.7 Å². The molecule has 2 aromatic heterocycles. The molecule has 0 radical (unpaired) electrons. The molecule has 0 aliphatic carbocycles. The first-order valence-electron chi connectivity index (χ1n) is 15.9. The van der Waals surface area contributed by atoms with E-state index in [0.717, 1.165) is 19.5 Å². The number of halogens is 2. The molecule has 0 bridgehead atoms. The first-order chi connectivity index (χ1) is 25.4. The van der Waals surface area contributed by atoms with Gasteiger partial charge in [0.05, 0.1) is 31.0 Å². The lowest BCUT2D eigenvalue weighted by Crippen LogP contribution is -2.40. The molecule has 0 saturated carbocycles. The first kappa shape index (κ1) is 38.3. The highest BCUT2D eigenvalue weighted by atomic mass is 35.5. The number of anilines is 4. The number of hydrogen-bond acceptors (Lipinski definition) is 15. The highest BCUT2D eigenvalue weighted by Gasteiger charge is 2.48. The van der Waals surface area contributed by atoms with Gasteiger partial charge in [-0.2, -0.15) is 4.98 Å². The van der Waals surface area contributed by atoms with E-state index in [1.54, 1.807) is 36.4 Å². The molecule has 2 aromatic carbocycles. The minimum Gasteiger partial charge on any atom is -0.456 e. The zero-order valence-electron chi connectivity index (χ0n) is 28.4. The number of aromatic nitrogens is 4. The Hall–Kier alpha value is -5.92. The van der Waals surface area contributed by atoms with E-state index in [2.05, 4.69) is 25.6 Å². The number of carbonyl (C=O) groups excluding carboxylic acids is 4. The van der Waals surface area contributed by atoms with Gasteiger partial charge in [0.2, 0.25) is 0 Å². The summed E-state index contributed by atoms with van der Waals surface area (Å²) in [5.41, 5.74) is 0.709. The molecule has 280 valence electrons. The Morgan fingerprint density at radius 3 is 2.28 bits per heavy atom. The highest BCUT2D eigenvalue weighted by molar-refractivity contribution is 6.30. The minimum absolute atomic E-state index is 0.0411. The zero-order chi connectivity index (χ0) is 38.1. The second kappa shape index (κ2) is 17.5. The lowest BCUT2D eigenvalue weighted by atomic mass is 10.1. The molecule has 20 heteroatoms.